The van der Waals surface area contributed by atoms with Gasteiger partial charge in [0.15, 0.2) is 11.5 Å². The number of nitrogens with zero attached hydrogens (tertiary/aromatic N) is 1. The first-order valence-electron chi connectivity index (χ1n) is 7.11. The standard InChI is InChI=1S/C16H22N2O2S/c1-5-8-20-14-9-12(6-7-13(14)19-4)16-18-11(2)15(21-16)10-17-3/h6-7,9,17H,5,8,10H2,1-4H3. The highest BCUT2D eigenvalue weighted by atomic mass is 32.1. The molecule has 21 heavy (non-hydrogen) atoms. The van der Waals surface area contributed by atoms with Crippen molar-refractivity contribution in [1.29, 1.82) is 0 Å². The molecule has 2 aromatic rings. The van der Waals surface area contributed by atoms with Crippen molar-refractivity contribution >= 4 is 11.3 Å². The van der Waals surface area contributed by atoms with Crippen LogP contribution in [-0.4, -0.2) is 25.7 Å². The summed E-state index contributed by atoms with van der Waals surface area (Å²) in [5.74, 6) is 1.54. The lowest BCUT2D eigenvalue weighted by Gasteiger charge is -2.10. The van der Waals surface area contributed by atoms with E-state index in [1.54, 1.807) is 18.4 Å². The van der Waals surface area contributed by atoms with E-state index in [2.05, 4.69) is 17.2 Å². The van der Waals surface area contributed by atoms with Gasteiger partial charge in [0.1, 0.15) is 5.01 Å². The van der Waals surface area contributed by atoms with Gasteiger partial charge in [-0.25, -0.2) is 4.98 Å². The number of hydrogen-bond acceptors (Lipinski definition) is 5. The summed E-state index contributed by atoms with van der Waals surface area (Å²) in [5, 5.41) is 4.19. The molecule has 0 unspecified atom stereocenters. The predicted octanol–water partition coefficient (Wildman–Crippen LogP) is 3.64. The van der Waals surface area contributed by atoms with E-state index < -0.39 is 0 Å². The SMILES string of the molecule is CCCOc1cc(-c2nc(C)c(CNC)s2)ccc1OC. The normalized spacial score (nSPS) is 10.7. The molecule has 4 nitrogen and oxygen atoms in total. The number of nitrogens with one attached hydrogen (secondary N) is 1. The zero-order valence-electron chi connectivity index (χ0n) is 13.0. The zero-order valence-corrected chi connectivity index (χ0v) is 13.8. The topological polar surface area (TPSA) is 43.4 Å². The van der Waals surface area contributed by atoms with Gasteiger partial charge in [0.25, 0.3) is 0 Å². The summed E-state index contributed by atoms with van der Waals surface area (Å²) in [6, 6.07) is 5.98. The largest absolute Gasteiger partial charge is 0.493 e. The van der Waals surface area contributed by atoms with Gasteiger partial charge in [-0.2, -0.15) is 0 Å². The fourth-order valence-electron chi connectivity index (χ4n) is 2.01. The first kappa shape index (κ1) is 15.8. The molecule has 0 bridgehead atoms. The zero-order chi connectivity index (χ0) is 15.2. The monoisotopic (exact) mass is 306 g/mol. The van der Waals surface area contributed by atoms with E-state index in [-0.39, 0.29) is 0 Å². The minimum absolute atomic E-state index is 0.682. The van der Waals surface area contributed by atoms with Crippen molar-refractivity contribution in [3.63, 3.8) is 0 Å². The quantitative estimate of drug-likeness (QED) is 0.848. The Labute approximate surface area is 130 Å². The molecule has 2 rings (SSSR count). The third kappa shape index (κ3) is 3.74. The molecule has 1 heterocycles. The Hall–Kier alpha value is -1.59. The second-order valence-electron chi connectivity index (χ2n) is 4.77. The van der Waals surface area contributed by atoms with E-state index in [1.165, 1.54) is 4.88 Å². The van der Waals surface area contributed by atoms with Crippen LogP contribution in [0.2, 0.25) is 0 Å². The molecule has 0 radical (unpaired) electrons. The number of thiazole rings is 1. The van der Waals surface area contributed by atoms with E-state index in [9.17, 15) is 0 Å². The van der Waals surface area contributed by atoms with Crippen molar-refractivity contribution in [3.05, 3.63) is 28.8 Å². The average molecular weight is 306 g/mol. The second-order valence-corrected chi connectivity index (χ2v) is 5.86. The van der Waals surface area contributed by atoms with E-state index in [1.807, 2.05) is 32.2 Å². The van der Waals surface area contributed by atoms with Gasteiger partial charge in [-0.15, -0.1) is 11.3 Å². The van der Waals surface area contributed by atoms with Crippen molar-refractivity contribution < 1.29 is 9.47 Å². The van der Waals surface area contributed by atoms with Crippen LogP contribution in [-0.2, 0) is 6.54 Å². The molecular weight excluding hydrogens is 284 g/mol. The van der Waals surface area contributed by atoms with Gasteiger partial charge < -0.3 is 14.8 Å². The Morgan fingerprint density at radius 3 is 2.76 bits per heavy atom. The van der Waals surface area contributed by atoms with Crippen LogP contribution in [0.25, 0.3) is 10.6 Å². The summed E-state index contributed by atoms with van der Waals surface area (Å²) in [6.45, 7) is 5.66. The van der Waals surface area contributed by atoms with Crippen LogP contribution in [0.3, 0.4) is 0 Å². The molecular formula is C16H22N2O2S. The predicted molar refractivity (Wildman–Crippen MR) is 87.4 cm³/mol. The minimum Gasteiger partial charge on any atom is -0.493 e. The molecule has 0 saturated carbocycles. The molecule has 0 spiro atoms. The fraction of sp³-hybridized carbons (Fsp3) is 0.438. The van der Waals surface area contributed by atoms with Crippen LogP contribution in [0, 0.1) is 6.92 Å². The van der Waals surface area contributed by atoms with E-state index in [0.29, 0.717) is 6.61 Å². The summed E-state index contributed by atoms with van der Waals surface area (Å²) < 4.78 is 11.1. The van der Waals surface area contributed by atoms with Crippen LogP contribution < -0.4 is 14.8 Å². The number of aryl methyl sites for hydroxylation is 1. The van der Waals surface area contributed by atoms with Gasteiger partial charge in [-0.3, -0.25) is 0 Å². The summed E-state index contributed by atoms with van der Waals surface area (Å²) in [6.07, 6.45) is 0.968. The van der Waals surface area contributed by atoms with Crippen molar-refractivity contribution in [2.24, 2.45) is 0 Å². The summed E-state index contributed by atoms with van der Waals surface area (Å²) in [7, 11) is 3.61. The maximum Gasteiger partial charge on any atom is 0.161 e. The van der Waals surface area contributed by atoms with Crippen molar-refractivity contribution in [2.45, 2.75) is 26.8 Å². The average Bonchev–Trinajstić information content (AvgIpc) is 2.86. The second kappa shape index (κ2) is 7.43. The Balaban J connectivity index is 2.32. The Morgan fingerprint density at radius 1 is 1.29 bits per heavy atom. The van der Waals surface area contributed by atoms with Crippen molar-refractivity contribution in [1.82, 2.24) is 10.3 Å². The van der Waals surface area contributed by atoms with Gasteiger partial charge in [0.05, 0.1) is 19.4 Å². The molecule has 5 heteroatoms. The number of ether oxygens (including phenoxy) is 2. The molecule has 0 aliphatic carbocycles. The lowest BCUT2D eigenvalue weighted by Crippen LogP contribution is -2.04. The van der Waals surface area contributed by atoms with Crippen LogP contribution >= 0.6 is 11.3 Å². The first-order valence-corrected chi connectivity index (χ1v) is 7.93. The van der Waals surface area contributed by atoms with E-state index in [4.69, 9.17) is 9.47 Å². The number of benzene rings is 1. The van der Waals surface area contributed by atoms with Crippen LogP contribution in [0.15, 0.2) is 18.2 Å². The van der Waals surface area contributed by atoms with Crippen LogP contribution in [0.5, 0.6) is 11.5 Å². The highest BCUT2D eigenvalue weighted by Crippen LogP contribution is 2.35. The highest BCUT2D eigenvalue weighted by molar-refractivity contribution is 7.15. The summed E-state index contributed by atoms with van der Waals surface area (Å²) in [4.78, 5) is 5.92. The van der Waals surface area contributed by atoms with Crippen molar-refractivity contribution in [3.8, 4) is 22.1 Å². The van der Waals surface area contributed by atoms with Gasteiger partial charge in [0, 0.05) is 17.0 Å². The lowest BCUT2D eigenvalue weighted by molar-refractivity contribution is 0.294. The number of methoxy groups -OCH3 is 1. The van der Waals surface area contributed by atoms with Gasteiger partial charge in [-0.1, -0.05) is 6.92 Å². The molecule has 114 valence electrons. The molecule has 0 aliphatic heterocycles. The summed E-state index contributed by atoms with van der Waals surface area (Å²) in [5.41, 5.74) is 2.15. The van der Waals surface area contributed by atoms with E-state index in [0.717, 1.165) is 40.7 Å². The van der Waals surface area contributed by atoms with Crippen molar-refractivity contribution in [2.75, 3.05) is 20.8 Å². The Kier molecular flexibility index (Phi) is 5.59. The number of rotatable bonds is 7. The Bertz CT molecular complexity index is 596. The molecule has 0 saturated heterocycles. The first-order chi connectivity index (χ1) is 10.2. The molecule has 1 aromatic carbocycles. The van der Waals surface area contributed by atoms with E-state index >= 15 is 0 Å². The van der Waals surface area contributed by atoms with Crippen LogP contribution in [0.4, 0.5) is 0 Å². The van der Waals surface area contributed by atoms with Crippen LogP contribution in [0.1, 0.15) is 23.9 Å². The van der Waals surface area contributed by atoms with Gasteiger partial charge >= 0.3 is 0 Å². The maximum absolute atomic E-state index is 5.76. The van der Waals surface area contributed by atoms with Gasteiger partial charge in [-0.05, 0) is 38.6 Å². The third-order valence-electron chi connectivity index (χ3n) is 3.10. The molecule has 0 fully saturated rings. The van der Waals surface area contributed by atoms with Gasteiger partial charge in [0.2, 0.25) is 0 Å². The minimum atomic E-state index is 0.682. The summed E-state index contributed by atoms with van der Waals surface area (Å²) >= 11 is 1.71. The third-order valence-corrected chi connectivity index (χ3v) is 4.31. The Morgan fingerprint density at radius 2 is 2.10 bits per heavy atom. The number of aromatic nitrogens is 1. The number of hydrogen-bond donors (Lipinski definition) is 1. The highest BCUT2D eigenvalue weighted by Gasteiger charge is 2.12. The lowest BCUT2D eigenvalue weighted by atomic mass is 10.2. The molecule has 0 amide bonds. The maximum atomic E-state index is 5.76. The molecule has 1 N–H and O–H groups in total. The molecule has 0 atom stereocenters. The smallest absolute Gasteiger partial charge is 0.161 e. The molecule has 1 aromatic heterocycles. The fourth-order valence-corrected chi connectivity index (χ4v) is 3.08. The molecule has 0 aliphatic rings.